The van der Waals surface area contributed by atoms with Crippen LogP contribution in [0.4, 0.5) is 4.39 Å². The van der Waals surface area contributed by atoms with Crippen LogP contribution in [0.2, 0.25) is 0 Å². The smallest absolute Gasteiger partial charge is 0.220 e. The normalized spacial score (nSPS) is 12.1. The van der Waals surface area contributed by atoms with Gasteiger partial charge in [-0.25, -0.2) is 4.39 Å². The Morgan fingerprint density at radius 2 is 1.68 bits per heavy atom. The third-order valence-corrected chi connectivity index (χ3v) is 5.73. The van der Waals surface area contributed by atoms with Gasteiger partial charge in [0.05, 0.1) is 0 Å². The number of aryl methyl sites for hydroxylation is 1. The lowest BCUT2D eigenvalue weighted by Crippen LogP contribution is -2.27. The Balaban J connectivity index is 1.40. The van der Waals surface area contributed by atoms with Gasteiger partial charge in [0.25, 0.3) is 0 Å². The highest BCUT2D eigenvalue weighted by Crippen LogP contribution is 2.24. The van der Waals surface area contributed by atoms with Crippen molar-refractivity contribution in [1.82, 2.24) is 9.88 Å². The Bertz CT molecular complexity index is 1150. The number of hydrogen-bond donors (Lipinski definition) is 1. The third-order valence-electron chi connectivity index (χ3n) is 5.73. The maximum Gasteiger partial charge on any atom is 0.220 e. The lowest BCUT2D eigenvalue weighted by molar-refractivity contribution is -0.121. The number of nitrogens with zero attached hydrogens (tertiary/aromatic N) is 1. The number of fused-ring (bicyclic) bond motifs is 1. The molecule has 1 N–H and O–H groups in total. The molecule has 0 aliphatic rings. The Morgan fingerprint density at radius 3 is 2.45 bits per heavy atom. The van der Waals surface area contributed by atoms with E-state index in [1.165, 1.54) is 17.7 Å². The average Bonchev–Trinajstić information content (AvgIpc) is 3.15. The maximum absolute atomic E-state index is 13.2. The summed E-state index contributed by atoms with van der Waals surface area (Å²) in [6, 6.07) is 25.1. The summed E-state index contributed by atoms with van der Waals surface area (Å²) in [5.41, 5.74) is 4.55. The van der Waals surface area contributed by atoms with Crippen molar-refractivity contribution in [3.8, 4) is 0 Å². The molecule has 1 heterocycles. The summed E-state index contributed by atoms with van der Waals surface area (Å²) in [5, 5.41) is 4.23. The largest absolute Gasteiger partial charge is 0.355 e. The number of aromatic nitrogens is 1. The van der Waals surface area contributed by atoms with Crippen molar-refractivity contribution in [3.63, 3.8) is 0 Å². The lowest BCUT2D eigenvalue weighted by Gasteiger charge is -2.13. The molecule has 3 aromatic carbocycles. The highest BCUT2D eigenvalue weighted by atomic mass is 19.1. The monoisotopic (exact) mass is 414 g/mol. The molecule has 0 saturated carbocycles. The summed E-state index contributed by atoms with van der Waals surface area (Å²) in [6.07, 6.45) is 3.25. The number of para-hydroxylation sites is 1. The topological polar surface area (TPSA) is 34.0 Å². The fourth-order valence-corrected chi connectivity index (χ4v) is 3.94. The van der Waals surface area contributed by atoms with Crippen molar-refractivity contribution in [2.45, 2.75) is 32.2 Å². The zero-order valence-corrected chi connectivity index (χ0v) is 17.7. The van der Waals surface area contributed by atoms with E-state index in [0.29, 0.717) is 25.9 Å². The van der Waals surface area contributed by atoms with Crippen molar-refractivity contribution >= 4 is 16.8 Å². The van der Waals surface area contributed by atoms with Crippen molar-refractivity contribution < 1.29 is 9.18 Å². The second-order valence-corrected chi connectivity index (χ2v) is 8.04. The zero-order chi connectivity index (χ0) is 21.6. The number of carbonyl (C=O) groups is 1. The van der Waals surface area contributed by atoms with Gasteiger partial charge in [-0.1, -0.05) is 67.6 Å². The molecule has 0 saturated heterocycles. The zero-order valence-electron chi connectivity index (χ0n) is 17.7. The minimum atomic E-state index is -0.227. The summed E-state index contributed by atoms with van der Waals surface area (Å²) in [7, 11) is 0. The molecule has 31 heavy (non-hydrogen) atoms. The van der Waals surface area contributed by atoms with E-state index in [9.17, 15) is 9.18 Å². The summed E-state index contributed by atoms with van der Waals surface area (Å²) in [5.74, 6) is 0.121. The fourth-order valence-electron chi connectivity index (χ4n) is 3.94. The van der Waals surface area contributed by atoms with Gasteiger partial charge < -0.3 is 9.88 Å². The number of nitrogens with one attached hydrogen (secondary N) is 1. The van der Waals surface area contributed by atoms with Crippen LogP contribution >= 0.6 is 0 Å². The second kappa shape index (κ2) is 9.61. The Kier molecular flexibility index (Phi) is 6.46. The summed E-state index contributed by atoms with van der Waals surface area (Å²) in [6.45, 7) is 3.43. The highest BCUT2D eigenvalue weighted by Gasteiger charge is 2.12. The maximum atomic E-state index is 13.2. The van der Waals surface area contributed by atoms with Gasteiger partial charge in [0.15, 0.2) is 0 Å². The van der Waals surface area contributed by atoms with Crippen LogP contribution < -0.4 is 5.32 Å². The molecule has 3 nitrogen and oxygen atoms in total. The van der Waals surface area contributed by atoms with E-state index in [-0.39, 0.29) is 17.6 Å². The van der Waals surface area contributed by atoms with E-state index in [1.54, 1.807) is 0 Å². The third kappa shape index (κ3) is 5.21. The number of hydrogen-bond acceptors (Lipinski definition) is 1. The quantitative estimate of drug-likeness (QED) is 0.395. The number of benzene rings is 3. The first-order valence-corrected chi connectivity index (χ1v) is 10.7. The summed E-state index contributed by atoms with van der Waals surface area (Å²) < 4.78 is 15.4. The van der Waals surface area contributed by atoms with Gasteiger partial charge in [0.2, 0.25) is 5.91 Å². The molecule has 0 unspecified atom stereocenters. The van der Waals surface area contributed by atoms with Crippen LogP contribution in [0.3, 0.4) is 0 Å². The van der Waals surface area contributed by atoms with Crippen molar-refractivity contribution in [2.24, 2.45) is 0 Å². The molecule has 1 aromatic heterocycles. The summed E-state index contributed by atoms with van der Waals surface area (Å²) in [4.78, 5) is 12.5. The highest BCUT2D eigenvalue weighted by molar-refractivity contribution is 5.85. The Morgan fingerprint density at radius 1 is 0.968 bits per heavy atom. The van der Waals surface area contributed by atoms with Gasteiger partial charge in [-0.2, -0.15) is 0 Å². The minimum absolute atomic E-state index is 0.0677. The van der Waals surface area contributed by atoms with E-state index >= 15 is 0 Å². The first kappa shape index (κ1) is 20.9. The first-order valence-electron chi connectivity index (χ1n) is 10.7. The van der Waals surface area contributed by atoms with Gasteiger partial charge in [0.1, 0.15) is 5.82 Å². The van der Waals surface area contributed by atoms with Gasteiger partial charge in [-0.05, 0) is 47.2 Å². The predicted octanol–water partition coefficient (Wildman–Crippen LogP) is 5.68. The fraction of sp³-hybridized carbons (Fsp3) is 0.222. The molecule has 4 rings (SSSR count). The molecular formula is C27H27FN2O. The molecule has 1 amide bonds. The molecule has 158 valence electrons. The number of carbonyl (C=O) groups excluding carboxylic acids is 1. The molecule has 4 heteroatoms. The van der Waals surface area contributed by atoms with Gasteiger partial charge in [0, 0.05) is 36.6 Å². The molecule has 0 aliphatic heterocycles. The molecule has 1 atom stereocenters. The number of halogens is 1. The van der Waals surface area contributed by atoms with Gasteiger partial charge in [-0.15, -0.1) is 0 Å². The van der Waals surface area contributed by atoms with E-state index < -0.39 is 0 Å². The van der Waals surface area contributed by atoms with Crippen molar-refractivity contribution in [2.75, 3.05) is 6.54 Å². The van der Waals surface area contributed by atoms with Crippen molar-refractivity contribution in [1.29, 1.82) is 0 Å². The van der Waals surface area contributed by atoms with Crippen LogP contribution in [0.25, 0.3) is 10.9 Å². The lowest BCUT2D eigenvalue weighted by atomic mass is 10.0. The predicted molar refractivity (Wildman–Crippen MR) is 124 cm³/mol. The van der Waals surface area contributed by atoms with Crippen LogP contribution in [0.5, 0.6) is 0 Å². The van der Waals surface area contributed by atoms with Crippen LogP contribution in [0, 0.1) is 5.82 Å². The van der Waals surface area contributed by atoms with E-state index in [1.807, 2.05) is 42.5 Å². The molecular weight excluding hydrogens is 387 g/mol. The van der Waals surface area contributed by atoms with Gasteiger partial charge in [-0.3, -0.25) is 4.79 Å². The van der Waals surface area contributed by atoms with E-state index in [4.69, 9.17) is 0 Å². The number of amides is 1. The Hall–Kier alpha value is -3.40. The van der Waals surface area contributed by atoms with E-state index in [0.717, 1.165) is 22.0 Å². The van der Waals surface area contributed by atoms with Crippen molar-refractivity contribution in [3.05, 3.63) is 108 Å². The molecule has 4 aromatic rings. The molecule has 0 radical (unpaired) electrons. The standard InChI is InChI=1S/C27H27FN2O/c1-20(22-7-3-2-4-8-22)17-29-27(31)16-13-23-19-30(26-10-6-5-9-25(23)26)18-21-11-14-24(28)15-12-21/h2-12,14-15,19-20H,13,16-18H2,1H3,(H,29,31)/t20-/m1/s1. The van der Waals surface area contributed by atoms with Crippen LogP contribution in [-0.4, -0.2) is 17.0 Å². The Labute approximate surface area is 182 Å². The molecule has 0 bridgehead atoms. The van der Waals surface area contributed by atoms with E-state index in [2.05, 4.69) is 47.3 Å². The average molecular weight is 415 g/mol. The first-order chi connectivity index (χ1) is 15.1. The minimum Gasteiger partial charge on any atom is -0.355 e. The summed E-state index contributed by atoms with van der Waals surface area (Å²) >= 11 is 0. The SMILES string of the molecule is C[C@H](CNC(=O)CCc1cn(Cc2ccc(F)cc2)c2ccccc12)c1ccccc1. The van der Waals surface area contributed by atoms with Gasteiger partial charge >= 0.3 is 0 Å². The van der Waals surface area contributed by atoms with Crippen LogP contribution in [0.15, 0.2) is 85.1 Å². The number of rotatable bonds is 8. The van der Waals surface area contributed by atoms with Crippen LogP contribution in [-0.2, 0) is 17.8 Å². The molecule has 0 spiro atoms. The second-order valence-electron chi connectivity index (χ2n) is 8.04. The molecule has 0 fully saturated rings. The molecule has 0 aliphatic carbocycles. The van der Waals surface area contributed by atoms with Crippen LogP contribution in [0.1, 0.15) is 36.0 Å².